The summed E-state index contributed by atoms with van der Waals surface area (Å²) in [6.45, 7) is 13.6. The average molecular weight is 827 g/mol. The fraction of sp³-hybridized carbons (Fsp3) is 0.636. The van der Waals surface area contributed by atoms with Crippen LogP contribution >= 0.6 is 27.3 Å². The molecule has 0 bridgehead atoms. The van der Waals surface area contributed by atoms with Crippen LogP contribution in [0.25, 0.3) is 0 Å². The van der Waals surface area contributed by atoms with E-state index < -0.39 is 13.5 Å². The van der Waals surface area contributed by atoms with Crippen molar-refractivity contribution in [3.8, 4) is 0 Å². The minimum atomic E-state index is -1.61. The summed E-state index contributed by atoms with van der Waals surface area (Å²) in [7, 11) is 11.3. The van der Waals surface area contributed by atoms with E-state index in [0.29, 0.717) is 0 Å². The molecule has 280 valence electrons. The van der Waals surface area contributed by atoms with Crippen LogP contribution in [-0.2, 0) is 13.5 Å². The summed E-state index contributed by atoms with van der Waals surface area (Å²) in [4.78, 5) is 4.95. The molecule has 0 spiro atoms. The van der Waals surface area contributed by atoms with Crippen molar-refractivity contribution < 1.29 is 13.5 Å². The van der Waals surface area contributed by atoms with E-state index in [1.165, 1.54) is 76.3 Å². The van der Waals surface area contributed by atoms with Gasteiger partial charge in [0.15, 0.2) is 0 Å². The predicted octanol–water partition coefficient (Wildman–Crippen LogP) is 13.7. The van der Waals surface area contributed by atoms with Gasteiger partial charge in [-0.15, -0.1) is 0 Å². The number of allylic oxidation sites excluding steroid dienone is 8. The summed E-state index contributed by atoms with van der Waals surface area (Å²) in [6.07, 6.45) is 33.3. The quantitative estimate of drug-likeness (QED) is 0.160. The van der Waals surface area contributed by atoms with Gasteiger partial charge in [0.1, 0.15) is 0 Å². The molecule has 1 saturated heterocycles. The van der Waals surface area contributed by atoms with Gasteiger partial charge in [0.05, 0.1) is 17.0 Å². The van der Waals surface area contributed by atoms with Gasteiger partial charge in [-0.05, 0) is 153 Å². The number of nitrogens with zero attached hydrogens (tertiary/aromatic N) is 2. The molecule has 4 fully saturated rings. The molecule has 0 aromatic heterocycles. The second kappa shape index (κ2) is 21.2. The first-order chi connectivity index (χ1) is 24.3. The molecule has 5 aliphatic carbocycles. The Morgan fingerprint density at radius 1 is 0.600 bits per heavy atom. The third-order valence-corrected chi connectivity index (χ3v) is 18.6. The Bertz CT molecular complexity index is 1270. The van der Waals surface area contributed by atoms with E-state index in [2.05, 4.69) is 56.3 Å². The Kier molecular flexibility index (Phi) is 17.2. The molecule has 1 aliphatic heterocycles. The average Bonchev–Trinajstić information content (AvgIpc) is 3.60. The molecule has 3 saturated carbocycles. The number of halogens is 2. The molecular weight excluding hydrogens is 759 g/mol. The first-order valence-electron chi connectivity index (χ1n) is 20.2. The Labute approximate surface area is 321 Å². The van der Waals surface area contributed by atoms with Gasteiger partial charge in [-0.1, -0.05) is 42.6 Å². The first kappa shape index (κ1) is 40.5. The number of hydrogen-bond donors (Lipinski definition) is 0. The Balaban J connectivity index is 0.000000155. The predicted molar refractivity (Wildman–Crippen MR) is 221 cm³/mol. The molecular formula is C44H67Cl2N2PRu. The van der Waals surface area contributed by atoms with Crippen molar-refractivity contribution in [3.05, 3.63) is 88.4 Å². The molecule has 1 aromatic carbocycles. The summed E-state index contributed by atoms with van der Waals surface area (Å²) in [5, 5.41) is 0. The van der Waals surface area contributed by atoms with E-state index >= 15 is 0 Å². The first-order valence-corrected chi connectivity index (χ1v) is 27.4. The van der Waals surface area contributed by atoms with E-state index in [-0.39, 0.29) is 7.92 Å². The van der Waals surface area contributed by atoms with Crippen LogP contribution in [0.1, 0.15) is 155 Å². The van der Waals surface area contributed by atoms with Crippen molar-refractivity contribution >= 4 is 31.9 Å². The van der Waals surface area contributed by atoms with Gasteiger partial charge in [-0.25, -0.2) is 0 Å². The van der Waals surface area contributed by atoms with E-state index in [1.54, 1.807) is 96.3 Å². The van der Waals surface area contributed by atoms with E-state index in [4.69, 9.17) is 19.4 Å². The molecule has 6 heteroatoms. The second-order valence-corrected chi connectivity index (χ2v) is 25.1. The van der Waals surface area contributed by atoms with Gasteiger partial charge in [0.2, 0.25) is 0 Å². The Morgan fingerprint density at radius 2 is 1.00 bits per heavy atom. The van der Waals surface area contributed by atoms with Gasteiger partial charge in [-0.3, -0.25) is 0 Å². The zero-order chi connectivity index (χ0) is 35.3. The van der Waals surface area contributed by atoms with Crippen LogP contribution < -0.4 is 0 Å². The van der Waals surface area contributed by atoms with Gasteiger partial charge < -0.3 is 9.80 Å². The summed E-state index contributed by atoms with van der Waals surface area (Å²) in [6, 6.07) is 9.89. The Morgan fingerprint density at radius 3 is 1.36 bits per heavy atom. The number of benzene rings is 1. The SMILES string of the molecule is C1CCC([PH+](C2CCCCC2)C2CCCCC2)CC1.CC1=CC(C)=C(N2[CH-]N(C3=C(C)C=C(C)CC3)CC2)CC1.[Cl][Ru]([Cl])=[CH]c1ccccc1. The monoisotopic (exact) mass is 826 g/mol. The van der Waals surface area contributed by atoms with Gasteiger partial charge in [0.25, 0.3) is 0 Å². The second-order valence-electron chi connectivity index (χ2n) is 16.0. The van der Waals surface area contributed by atoms with Crippen LogP contribution in [0.3, 0.4) is 0 Å². The van der Waals surface area contributed by atoms with Gasteiger partial charge in [-0.2, -0.15) is 6.67 Å². The number of rotatable bonds is 6. The third kappa shape index (κ3) is 12.4. The summed E-state index contributed by atoms with van der Waals surface area (Å²) < 4.78 is 1.92. The maximum atomic E-state index is 5.67. The standard InChI is InChI=1S/C19H27N2.C18H33P.C7H6.2ClH.Ru/c1-14-5-7-18(16(3)11-14)20-9-10-21(13-20)19-8-6-15(2)12-17(19)4;1-4-10-16(11-5-1)19(17-12-6-2-7-13-17)18-14-8-3-9-15-18;1-7-5-3-2-4-6-7;;;/h11-13H,5-10H2,1-4H3;16-18H,1-15H2;1-6H;2*1H;/q-1;;;;;+2/p-1. The topological polar surface area (TPSA) is 6.48 Å². The summed E-state index contributed by atoms with van der Waals surface area (Å²) in [5.41, 5.74) is 13.8. The van der Waals surface area contributed by atoms with Crippen LogP contribution in [0.5, 0.6) is 0 Å². The van der Waals surface area contributed by atoms with Crippen molar-refractivity contribution in [1.82, 2.24) is 9.80 Å². The Hall–Kier alpha value is -0.717. The van der Waals surface area contributed by atoms with Crippen LogP contribution in [0.4, 0.5) is 0 Å². The van der Waals surface area contributed by atoms with Crippen molar-refractivity contribution in [2.45, 2.75) is 167 Å². The van der Waals surface area contributed by atoms with Crippen LogP contribution in [0, 0.1) is 6.67 Å². The zero-order valence-corrected chi connectivity index (χ0v) is 36.0. The van der Waals surface area contributed by atoms with Crippen LogP contribution in [0.15, 0.2) is 76.2 Å². The van der Waals surface area contributed by atoms with Crippen molar-refractivity contribution in [1.29, 1.82) is 0 Å². The summed E-state index contributed by atoms with van der Waals surface area (Å²) in [5.74, 6) is 0. The van der Waals surface area contributed by atoms with Crippen LogP contribution in [-0.4, -0.2) is 44.5 Å². The van der Waals surface area contributed by atoms with Crippen molar-refractivity contribution in [3.63, 3.8) is 0 Å². The number of hydrogen-bond acceptors (Lipinski definition) is 2. The molecule has 2 nitrogen and oxygen atoms in total. The molecule has 0 amide bonds. The van der Waals surface area contributed by atoms with Gasteiger partial charge >= 0.3 is 73.4 Å². The van der Waals surface area contributed by atoms with E-state index in [9.17, 15) is 0 Å². The minimum absolute atomic E-state index is 0.0465. The third-order valence-electron chi connectivity index (χ3n) is 12.1. The molecule has 50 heavy (non-hydrogen) atoms. The van der Waals surface area contributed by atoms with Crippen LogP contribution in [0.2, 0.25) is 0 Å². The molecule has 0 atom stereocenters. The molecule has 1 heterocycles. The molecule has 1 aromatic rings. The summed E-state index contributed by atoms with van der Waals surface area (Å²) >= 11 is -1.61. The van der Waals surface area contributed by atoms with Crippen molar-refractivity contribution in [2.24, 2.45) is 0 Å². The van der Waals surface area contributed by atoms with Gasteiger partial charge in [0, 0.05) is 21.0 Å². The molecule has 0 N–H and O–H groups in total. The fourth-order valence-corrected chi connectivity index (χ4v) is 16.7. The molecule has 6 aliphatic rings. The van der Waals surface area contributed by atoms with Crippen molar-refractivity contribution in [2.75, 3.05) is 13.1 Å². The molecule has 0 unspecified atom stereocenters. The normalized spacial score (nSPS) is 23.1. The molecule has 7 rings (SSSR count). The van der Waals surface area contributed by atoms with E-state index in [1.807, 2.05) is 34.9 Å². The fourth-order valence-electron chi connectivity index (χ4n) is 9.64. The molecule has 0 radical (unpaired) electrons. The maximum absolute atomic E-state index is 5.67. The van der Waals surface area contributed by atoms with E-state index in [0.717, 1.165) is 18.7 Å². The zero-order valence-electron chi connectivity index (χ0n) is 31.8.